The molecule has 5 N–H and O–H groups in total. The highest BCUT2D eigenvalue weighted by atomic mass is 16.3. The van der Waals surface area contributed by atoms with Gasteiger partial charge in [0.05, 0.1) is 24.5 Å². The lowest BCUT2D eigenvalue weighted by Crippen LogP contribution is -2.36. The number of rotatable bonds is 6. The van der Waals surface area contributed by atoms with E-state index in [0.717, 1.165) is 5.56 Å². The van der Waals surface area contributed by atoms with Gasteiger partial charge >= 0.3 is 0 Å². The minimum Gasteiger partial charge on any atom is -0.395 e. The van der Waals surface area contributed by atoms with Crippen LogP contribution < -0.4 is 11.3 Å². The number of amides is 1. The van der Waals surface area contributed by atoms with Gasteiger partial charge in [-0.05, 0) is 19.1 Å². The average molecular weight is 253 g/mol. The monoisotopic (exact) mass is 253 g/mol. The lowest BCUT2D eigenvalue weighted by atomic mass is 10.1. The first-order valence-electron chi connectivity index (χ1n) is 5.72. The van der Waals surface area contributed by atoms with Crippen molar-refractivity contribution < 1.29 is 15.0 Å². The van der Waals surface area contributed by atoms with Gasteiger partial charge in [-0.3, -0.25) is 10.6 Å². The molecule has 0 aromatic heterocycles. The first-order chi connectivity index (χ1) is 8.63. The molecule has 0 unspecified atom stereocenters. The number of hydrogen-bond acceptors (Lipinski definition) is 5. The van der Waals surface area contributed by atoms with Gasteiger partial charge in [0.2, 0.25) is 0 Å². The number of nitrogens with zero attached hydrogens (tertiary/aromatic N) is 1. The molecule has 1 amide bonds. The zero-order valence-electron chi connectivity index (χ0n) is 10.4. The molecule has 0 saturated heterocycles. The molecule has 0 aliphatic heterocycles. The molecule has 1 rings (SSSR count). The highest BCUT2D eigenvalue weighted by Crippen LogP contribution is 2.18. The summed E-state index contributed by atoms with van der Waals surface area (Å²) in [4.78, 5) is 13.6. The molecule has 0 fully saturated rings. The smallest absolute Gasteiger partial charge is 0.256 e. The first kappa shape index (κ1) is 14.4. The Hall–Kier alpha value is -1.63. The number of nitrogen functional groups attached to an aromatic ring is 1. The van der Waals surface area contributed by atoms with Gasteiger partial charge in [0.1, 0.15) is 0 Å². The van der Waals surface area contributed by atoms with E-state index in [1.807, 2.05) is 13.0 Å². The molecule has 1 aromatic rings. The molecule has 18 heavy (non-hydrogen) atoms. The number of carbonyl (C=O) groups excluding carboxylic acids is 1. The van der Waals surface area contributed by atoms with Gasteiger partial charge in [-0.15, -0.1) is 0 Å². The van der Waals surface area contributed by atoms with Crippen molar-refractivity contribution in [1.82, 2.24) is 4.90 Å². The quantitative estimate of drug-likeness (QED) is 0.412. The van der Waals surface area contributed by atoms with Crippen LogP contribution in [-0.4, -0.2) is 47.3 Å². The molecule has 6 nitrogen and oxygen atoms in total. The van der Waals surface area contributed by atoms with E-state index >= 15 is 0 Å². The summed E-state index contributed by atoms with van der Waals surface area (Å²) in [5.41, 5.74) is 4.36. The summed E-state index contributed by atoms with van der Waals surface area (Å²) in [6.07, 6.45) is 0. The maximum Gasteiger partial charge on any atom is 0.256 e. The predicted molar refractivity (Wildman–Crippen MR) is 69.1 cm³/mol. The molecular weight excluding hydrogens is 234 g/mol. The standard InChI is InChI=1S/C12H19N3O3/c1-9-2-3-11(14-13)10(8-9)12(18)15(4-6-16)5-7-17/h2-3,8,14,16-17H,4-7,13H2,1H3. The van der Waals surface area contributed by atoms with Crippen LogP contribution in [0.3, 0.4) is 0 Å². The Morgan fingerprint density at radius 2 is 1.94 bits per heavy atom. The number of aliphatic hydroxyl groups is 2. The number of benzene rings is 1. The number of hydrazine groups is 1. The average Bonchev–Trinajstić information content (AvgIpc) is 2.37. The fourth-order valence-corrected chi connectivity index (χ4v) is 1.69. The van der Waals surface area contributed by atoms with Gasteiger partial charge in [-0.25, -0.2) is 0 Å². The van der Waals surface area contributed by atoms with Gasteiger partial charge in [0.25, 0.3) is 5.91 Å². The second kappa shape index (κ2) is 6.95. The van der Waals surface area contributed by atoms with Crippen LogP contribution in [0.4, 0.5) is 5.69 Å². The number of hydrogen-bond donors (Lipinski definition) is 4. The van der Waals surface area contributed by atoms with Crippen LogP contribution in [0, 0.1) is 6.92 Å². The number of anilines is 1. The Morgan fingerprint density at radius 3 is 2.44 bits per heavy atom. The summed E-state index contributed by atoms with van der Waals surface area (Å²) in [6, 6.07) is 5.28. The third-order valence-corrected chi connectivity index (χ3v) is 2.59. The van der Waals surface area contributed by atoms with Crippen molar-refractivity contribution in [2.24, 2.45) is 5.84 Å². The van der Waals surface area contributed by atoms with Crippen LogP contribution in [0.15, 0.2) is 18.2 Å². The number of carbonyl (C=O) groups is 1. The molecule has 6 heteroatoms. The van der Waals surface area contributed by atoms with Crippen LogP contribution in [0.25, 0.3) is 0 Å². The fourth-order valence-electron chi connectivity index (χ4n) is 1.69. The maximum absolute atomic E-state index is 12.3. The number of aryl methyl sites for hydroxylation is 1. The summed E-state index contributed by atoms with van der Waals surface area (Å²) >= 11 is 0. The molecule has 0 heterocycles. The first-order valence-corrected chi connectivity index (χ1v) is 5.72. The van der Waals surface area contributed by atoms with E-state index in [9.17, 15) is 4.79 Å². The molecule has 0 saturated carbocycles. The van der Waals surface area contributed by atoms with E-state index < -0.39 is 0 Å². The third-order valence-electron chi connectivity index (χ3n) is 2.59. The van der Waals surface area contributed by atoms with Crippen LogP contribution in [0.5, 0.6) is 0 Å². The van der Waals surface area contributed by atoms with Crippen LogP contribution in [-0.2, 0) is 0 Å². The Labute approximate surface area is 106 Å². The van der Waals surface area contributed by atoms with Crippen LogP contribution in [0.2, 0.25) is 0 Å². The minimum absolute atomic E-state index is 0.150. The SMILES string of the molecule is Cc1ccc(NN)c(C(=O)N(CCO)CCO)c1. The third kappa shape index (κ3) is 3.43. The summed E-state index contributed by atoms with van der Waals surface area (Å²) in [5.74, 6) is 5.10. The summed E-state index contributed by atoms with van der Waals surface area (Å²) in [5, 5.41) is 17.8. The molecular formula is C12H19N3O3. The van der Waals surface area contributed by atoms with Crippen LogP contribution in [0.1, 0.15) is 15.9 Å². The lowest BCUT2D eigenvalue weighted by molar-refractivity contribution is 0.0685. The van der Waals surface area contributed by atoms with Gasteiger partial charge in [0.15, 0.2) is 0 Å². The van der Waals surface area contributed by atoms with Gasteiger partial charge in [0, 0.05) is 13.1 Å². The molecule has 0 aliphatic carbocycles. The normalized spacial score (nSPS) is 10.2. The van der Waals surface area contributed by atoms with E-state index in [0.29, 0.717) is 11.3 Å². The van der Waals surface area contributed by atoms with E-state index in [-0.39, 0.29) is 32.2 Å². The minimum atomic E-state index is -0.269. The second-order valence-corrected chi connectivity index (χ2v) is 3.93. The largest absolute Gasteiger partial charge is 0.395 e. The van der Waals surface area contributed by atoms with Crippen molar-refractivity contribution in [3.8, 4) is 0 Å². The fraction of sp³-hybridized carbons (Fsp3) is 0.417. The molecule has 0 radical (unpaired) electrons. The van der Waals surface area contributed by atoms with Crippen molar-refractivity contribution in [3.63, 3.8) is 0 Å². The number of aliphatic hydroxyl groups excluding tert-OH is 2. The van der Waals surface area contributed by atoms with Crippen molar-refractivity contribution in [3.05, 3.63) is 29.3 Å². The van der Waals surface area contributed by atoms with Crippen molar-refractivity contribution in [1.29, 1.82) is 0 Å². The maximum atomic E-state index is 12.3. The lowest BCUT2D eigenvalue weighted by Gasteiger charge is -2.22. The van der Waals surface area contributed by atoms with Gasteiger partial charge in [-0.1, -0.05) is 11.6 Å². The summed E-state index contributed by atoms with van der Waals surface area (Å²) in [6.45, 7) is 1.93. The Balaban J connectivity index is 3.02. The second-order valence-electron chi connectivity index (χ2n) is 3.93. The Morgan fingerprint density at radius 1 is 1.33 bits per heavy atom. The Bertz CT molecular complexity index is 404. The van der Waals surface area contributed by atoms with E-state index in [1.165, 1.54) is 4.90 Å². The number of nitrogens with one attached hydrogen (secondary N) is 1. The zero-order chi connectivity index (χ0) is 13.5. The van der Waals surface area contributed by atoms with E-state index in [4.69, 9.17) is 16.1 Å². The predicted octanol–water partition coefficient (Wildman–Crippen LogP) is -0.293. The van der Waals surface area contributed by atoms with Crippen molar-refractivity contribution in [2.75, 3.05) is 31.7 Å². The number of nitrogens with two attached hydrogens (primary N) is 1. The van der Waals surface area contributed by atoms with Gasteiger partial charge < -0.3 is 20.5 Å². The van der Waals surface area contributed by atoms with E-state index in [1.54, 1.807) is 12.1 Å². The molecule has 0 bridgehead atoms. The van der Waals surface area contributed by atoms with E-state index in [2.05, 4.69) is 5.43 Å². The molecule has 0 atom stereocenters. The molecule has 0 spiro atoms. The highest BCUT2D eigenvalue weighted by molar-refractivity contribution is 5.99. The summed E-state index contributed by atoms with van der Waals surface area (Å²) in [7, 11) is 0. The van der Waals surface area contributed by atoms with Crippen LogP contribution >= 0.6 is 0 Å². The summed E-state index contributed by atoms with van der Waals surface area (Å²) < 4.78 is 0. The highest BCUT2D eigenvalue weighted by Gasteiger charge is 2.18. The molecule has 0 aliphatic rings. The Kier molecular flexibility index (Phi) is 5.57. The molecule has 1 aromatic carbocycles. The van der Waals surface area contributed by atoms with Crippen molar-refractivity contribution in [2.45, 2.75) is 6.92 Å². The topological polar surface area (TPSA) is 98.8 Å². The van der Waals surface area contributed by atoms with Gasteiger partial charge in [-0.2, -0.15) is 0 Å². The molecule has 100 valence electrons. The zero-order valence-corrected chi connectivity index (χ0v) is 10.4. The van der Waals surface area contributed by atoms with Crippen molar-refractivity contribution >= 4 is 11.6 Å².